The zero-order valence-corrected chi connectivity index (χ0v) is 12.5. The van der Waals surface area contributed by atoms with E-state index in [4.69, 9.17) is 17.3 Å². The summed E-state index contributed by atoms with van der Waals surface area (Å²) < 4.78 is 14.9. The van der Waals surface area contributed by atoms with Gasteiger partial charge >= 0.3 is 0 Å². The van der Waals surface area contributed by atoms with Crippen LogP contribution in [0.25, 0.3) is 0 Å². The first-order valence-corrected chi connectivity index (χ1v) is 7.07. The summed E-state index contributed by atoms with van der Waals surface area (Å²) in [6.07, 6.45) is 2.65. The lowest BCUT2D eigenvalue weighted by atomic mass is 10.2. The number of carbonyl (C=O) groups is 1. The molecule has 21 heavy (non-hydrogen) atoms. The van der Waals surface area contributed by atoms with E-state index in [0.29, 0.717) is 11.4 Å². The van der Waals surface area contributed by atoms with Crippen molar-refractivity contribution in [2.24, 2.45) is 0 Å². The van der Waals surface area contributed by atoms with Crippen LogP contribution in [0.5, 0.6) is 0 Å². The minimum atomic E-state index is -0.476. The lowest BCUT2D eigenvalue weighted by molar-refractivity contribution is 0.0941. The quantitative estimate of drug-likeness (QED) is 0.891. The topological polar surface area (TPSA) is 60.0 Å². The highest BCUT2D eigenvalue weighted by atomic mass is 35.5. The molecule has 1 aromatic heterocycles. The first-order valence-electron chi connectivity index (χ1n) is 6.69. The average Bonchev–Trinajstić information content (AvgIpc) is 2.81. The van der Waals surface area contributed by atoms with Gasteiger partial charge in [0.2, 0.25) is 0 Å². The van der Waals surface area contributed by atoms with Gasteiger partial charge in [0.05, 0.1) is 10.7 Å². The average molecular weight is 310 g/mol. The first-order chi connectivity index (χ1) is 10.0. The summed E-state index contributed by atoms with van der Waals surface area (Å²) in [6, 6.07) is 6.00. The molecule has 1 amide bonds. The van der Waals surface area contributed by atoms with Crippen LogP contribution in [0, 0.1) is 5.82 Å². The number of amides is 1. The number of hydrogen-bond acceptors (Lipinski definition) is 2. The van der Waals surface area contributed by atoms with Gasteiger partial charge in [-0.1, -0.05) is 24.6 Å². The van der Waals surface area contributed by atoms with E-state index in [0.717, 1.165) is 18.5 Å². The van der Waals surface area contributed by atoms with Gasteiger partial charge in [-0.2, -0.15) is 0 Å². The number of nitrogens with zero attached hydrogens (tertiary/aromatic N) is 1. The number of hydrogen-bond donors (Lipinski definition) is 2. The van der Waals surface area contributed by atoms with Crippen LogP contribution in [0.2, 0.25) is 5.02 Å². The molecule has 2 aromatic rings. The number of benzene rings is 1. The lowest BCUT2D eigenvalue weighted by Gasteiger charge is -2.09. The van der Waals surface area contributed by atoms with Crippen molar-refractivity contribution in [3.8, 4) is 0 Å². The molecule has 3 N–H and O–H groups in total. The number of aromatic nitrogens is 1. The molecule has 0 radical (unpaired) electrons. The second-order valence-electron chi connectivity index (χ2n) is 4.78. The van der Waals surface area contributed by atoms with Gasteiger partial charge in [-0.3, -0.25) is 4.79 Å². The van der Waals surface area contributed by atoms with E-state index in [1.54, 1.807) is 18.3 Å². The molecule has 2 rings (SSSR count). The fourth-order valence-corrected chi connectivity index (χ4v) is 2.28. The number of aryl methyl sites for hydroxylation is 1. The van der Waals surface area contributed by atoms with Gasteiger partial charge in [0.25, 0.3) is 5.91 Å². The fourth-order valence-electron chi connectivity index (χ4n) is 2.07. The smallest absolute Gasteiger partial charge is 0.268 e. The van der Waals surface area contributed by atoms with Crippen molar-refractivity contribution in [2.45, 2.75) is 26.4 Å². The van der Waals surface area contributed by atoms with Crippen LogP contribution in [-0.4, -0.2) is 10.5 Å². The molecule has 0 bridgehead atoms. The van der Waals surface area contributed by atoms with Crippen LogP contribution in [0.4, 0.5) is 10.1 Å². The van der Waals surface area contributed by atoms with Crippen molar-refractivity contribution in [2.75, 3.05) is 5.73 Å². The van der Waals surface area contributed by atoms with Crippen molar-refractivity contribution >= 4 is 23.2 Å². The molecule has 0 saturated carbocycles. The maximum absolute atomic E-state index is 13.1. The minimum absolute atomic E-state index is 0.0420. The fraction of sp³-hybridized carbons (Fsp3) is 0.267. The molecule has 0 spiro atoms. The zero-order valence-electron chi connectivity index (χ0n) is 11.7. The van der Waals surface area contributed by atoms with E-state index in [2.05, 4.69) is 5.32 Å². The zero-order chi connectivity index (χ0) is 15.4. The number of nitrogens with two attached hydrogens (primary N) is 1. The molecule has 6 heteroatoms. The molecular formula is C15H17ClFN3O. The summed E-state index contributed by atoms with van der Waals surface area (Å²) in [4.78, 5) is 12.2. The van der Waals surface area contributed by atoms with Gasteiger partial charge in [-0.25, -0.2) is 4.39 Å². The van der Waals surface area contributed by atoms with Crippen LogP contribution in [0.15, 0.2) is 30.5 Å². The van der Waals surface area contributed by atoms with Crippen molar-refractivity contribution in [3.63, 3.8) is 0 Å². The monoisotopic (exact) mass is 309 g/mol. The Kier molecular flexibility index (Phi) is 4.85. The lowest BCUT2D eigenvalue weighted by Crippen LogP contribution is -2.25. The molecule has 0 fully saturated rings. The summed E-state index contributed by atoms with van der Waals surface area (Å²) in [5.74, 6) is -0.697. The van der Waals surface area contributed by atoms with Crippen LogP contribution >= 0.6 is 11.6 Å². The van der Waals surface area contributed by atoms with E-state index in [1.165, 1.54) is 12.1 Å². The summed E-state index contributed by atoms with van der Waals surface area (Å²) >= 11 is 5.71. The number of rotatable bonds is 5. The second kappa shape index (κ2) is 6.63. The third-order valence-corrected chi connectivity index (χ3v) is 3.34. The van der Waals surface area contributed by atoms with E-state index in [9.17, 15) is 9.18 Å². The highest BCUT2D eigenvalue weighted by Gasteiger charge is 2.12. The van der Waals surface area contributed by atoms with Crippen molar-refractivity contribution in [1.82, 2.24) is 9.88 Å². The Morgan fingerprint density at radius 3 is 2.86 bits per heavy atom. The molecule has 112 valence electrons. The normalized spacial score (nSPS) is 10.6. The van der Waals surface area contributed by atoms with Gasteiger partial charge in [0.15, 0.2) is 0 Å². The Labute approximate surface area is 127 Å². The van der Waals surface area contributed by atoms with Crippen molar-refractivity contribution in [1.29, 1.82) is 0 Å². The van der Waals surface area contributed by atoms with E-state index in [1.807, 2.05) is 11.5 Å². The Morgan fingerprint density at radius 2 is 2.19 bits per heavy atom. The molecule has 0 aliphatic heterocycles. The number of nitrogens with one attached hydrogen (secondary N) is 1. The largest absolute Gasteiger partial charge is 0.397 e. The van der Waals surface area contributed by atoms with Gasteiger partial charge < -0.3 is 15.6 Å². The van der Waals surface area contributed by atoms with Crippen LogP contribution in [-0.2, 0) is 13.1 Å². The molecule has 0 saturated heterocycles. The standard InChI is InChI=1S/C15H17ClFN3O/c1-2-5-20-9-11(18)7-14(20)15(21)19-8-10-3-4-13(17)12(16)6-10/h3-4,6-7,9H,2,5,8,18H2,1H3,(H,19,21). The highest BCUT2D eigenvalue weighted by molar-refractivity contribution is 6.30. The molecule has 4 nitrogen and oxygen atoms in total. The molecule has 1 heterocycles. The SMILES string of the molecule is CCCn1cc(N)cc1C(=O)NCc1ccc(F)c(Cl)c1. The molecular weight excluding hydrogens is 293 g/mol. The van der Waals surface area contributed by atoms with Crippen LogP contribution < -0.4 is 11.1 Å². The molecule has 1 aromatic carbocycles. The third kappa shape index (κ3) is 3.76. The number of anilines is 1. The Morgan fingerprint density at radius 1 is 1.43 bits per heavy atom. The molecule has 0 atom stereocenters. The highest BCUT2D eigenvalue weighted by Crippen LogP contribution is 2.16. The van der Waals surface area contributed by atoms with Crippen molar-refractivity contribution in [3.05, 3.63) is 52.6 Å². The van der Waals surface area contributed by atoms with Gasteiger partial charge in [-0.05, 0) is 30.2 Å². The van der Waals surface area contributed by atoms with Crippen LogP contribution in [0.3, 0.4) is 0 Å². The second-order valence-corrected chi connectivity index (χ2v) is 5.19. The maximum Gasteiger partial charge on any atom is 0.268 e. The number of carbonyl (C=O) groups excluding carboxylic acids is 1. The summed E-state index contributed by atoms with van der Waals surface area (Å²) in [7, 11) is 0. The molecule has 0 aliphatic carbocycles. The number of nitrogen functional groups attached to an aromatic ring is 1. The first kappa shape index (κ1) is 15.4. The maximum atomic E-state index is 13.1. The Bertz CT molecular complexity index is 654. The third-order valence-electron chi connectivity index (χ3n) is 3.05. The van der Waals surface area contributed by atoms with E-state index >= 15 is 0 Å². The van der Waals surface area contributed by atoms with Crippen molar-refractivity contribution < 1.29 is 9.18 Å². The summed E-state index contributed by atoms with van der Waals surface area (Å²) in [6.45, 7) is 3.02. The number of halogens is 2. The predicted molar refractivity (Wildman–Crippen MR) is 81.7 cm³/mol. The van der Waals surface area contributed by atoms with E-state index in [-0.39, 0.29) is 17.5 Å². The van der Waals surface area contributed by atoms with Gasteiger partial charge in [0, 0.05) is 19.3 Å². The summed E-state index contributed by atoms with van der Waals surface area (Å²) in [5.41, 5.74) is 7.53. The minimum Gasteiger partial charge on any atom is -0.397 e. The Hall–Kier alpha value is -2.01. The summed E-state index contributed by atoms with van der Waals surface area (Å²) in [5, 5.41) is 2.82. The Balaban J connectivity index is 2.06. The van der Waals surface area contributed by atoms with Gasteiger partial charge in [0.1, 0.15) is 11.5 Å². The molecule has 0 unspecified atom stereocenters. The van der Waals surface area contributed by atoms with E-state index < -0.39 is 5.82 Å². The molecule has 0 aliphatic rings. The predicted octanol–water partition coefficient (Wildman–Crippen LogP) is 3.20. The van der Waals surface area contributed by atoms with Gasteiger partial charge in [-0.15, -0.1) is 0 Å². The van der Waals surface area contributed by atoms with Crippen LogP contribution in [0.1, 0.15) is 29.4 Å².